The van der Waals surface area contributed by atoms with Gasteiger partial charge in [-0.3, -0.25) is 0 Å². The van der Waals surface area contributed by atoms with Gasteiger partial charge in [-0.25, -0.2) is 9.18 Å². The smallest absolute Gasteiger partial charge is 0.319 e. The zero-order chi connectivity index (χ0) is 14.5. The van der Waals surface area contributed by atoms with E-state index in [1.54, 1.807) is 6.07 Å². The van der Waals surface area contributed by atoms with E-state index in [1.165, 1.54) is 19.2 Å². The molecule has 0 heterocycles. The number of carbonyl (C=O) groups excluding carboxylic acids is 1. The predicted molar refractivity (Wildman–Crippen MR) is 73.3 cm³/mol. The van der Waals surface area contributed by atoms with Crippen LogP contribution in [0.25, 0.3) is 0 Å². The normalized spacial score (nSPS) is 21.6. The summed E-state index contributed by atoms with van der Waals surface area (Å²) in [5, 5.41) is 14.7. The minimum atomic E-state index is -0.474. The quantitative estimate of drug-likeness (QED) is 0.792. The topological polar surface area (TPSA) is 70.6 Å². The number of anilines is 1. The Bertz CT molecular complexity index is 481. The van der Waals surface area contributed by atoms with Crippen molar-refractivity contribution in [3.05, 3.63) is 24.0 Å². The highest BCUT2D eigenvalue weighted by Gasteiger charge is 2.22. The number of hydrogen-bond donors (Lipinski definition) is 3. The molecule has 2 atom stereocenters. The van der Waals surface area contributed by atoms with Gasteiger partial charge in [0.2, 0.25) is 0 Å². The van der Waals surface area contributed by atoms with Gasteiger partial charge in [0.15, 0.2) is 0 Å². The molecule has 0 saturated heterocycles. The lowest BCUT2D eigenvalue weighted by atomic mass is 10.1. The van der Waals surface area contributed by atoms with Crippen LogP contribution in [0.3, 0.4) is 0 Å². The summed E-state index contributed by atoms with van der Waals surface area (Å²) in [6.45, 7) is 0.509. The Labute approximate surface area is 117 Å². The van der Waals surface area contributed by atoms with Gasteiger partial charge >= 0.3 is 6.03 Å². The van der Waals surface area contributed by atoms with Crippen LogP contribution in [0.2, 0.25) is 0 Å². The van der Waals surface area contributed by atoms with Crippen molar-refractivity contribution in [3.63, 3.8) is 0 Å². The van der Waals surface area contributed by atoms with E-state index in [4.69, 9.17) is 4.74 Å². The van der Waals surface area contributed by atoms with Crippen LogP contribution in [0.5, 0.6) is 5.75 Å². The van der Waals surface area contributed by atoms with Crippen LogP contribution in [0.1, 0.15) is 19.3 Å². The van der Waals surface area contributed by atoms with Gasteiger partial charge in [0.05, 0.1) is 13.2 Å². The third-order valence-electron chi connectivity index (χ3n) is 3.43. The van der Waals surface area contributed by atoms with Crippen molar-refractivity contribution in [1.82, 2.24) is 5.32 Å². The highest BCUT2D eigenvalue weighted by molar-refractivity contribution is 5.89. The summed E-state index contributed by atoms with van der Waals surface area (Å²) in [6.07, 6.45) is 2.16. The van der Waals surface area contributed by atoms with Crippen LogP contribution >= 0.6 is 0 Å². The fourth-order valence-electron chi connectivity index (χ4n) is 2.40. The molecule has 0 radical (unpaired) electrons. The summed E-state index contributed by atoms with van der Waals surface area (Å²) >= 11 is 0. The van der Waals surface area contributed by atoms with Gasteiger partial charge in [0, 0.05) is 24.4 Å². The number of aliphatic hydroxyl groups is 1. The molecule has 0 unspecified atom stereocenters. The lowest BCUT2D eigenvalue weighted by molar-refractivity contribution is 0.177. The maximum Gasteiger partial charge on any atom is 0.319 e. The molecule has 2 amide bonds. The maximum absolute atomic E-state index is 13.3. The van der Waals surface area contributed by atoms with Gasteiger partial charge in [0.25, 0.3) is 0 Å². The number of halogens is 1. The van der Waals surface area contributed by atoms with E-state index in [2.05, 4.69) is 10.6 Å². The number of hydrogen-bond acceptors (Lipinski definition) is 3. The molecule has 1 aliphatic rings. The monoisotopic (exact) mass is 282 g/mol. The molecule has 0 bridgehead atoms. The van der Waals surface area contributed by atoms with Crippen molar-refractivity contribution in [2.45, 2.75) is 25.4 Å². The molecule has 1 fully saturated rings. The number of ether oxygens (including phenoxy) is 1. The summed E-state index contributed by atoms with van der Waals surface area (Å²) < 4.78 is 18.2. The Kier molecular flexibility index (Phi) is 4.79. The molecular formula is C14H19FN2O3. The summed E-state index contributed by atoms with van der Waals surface area (Å²) in [4.78, 5) is 11.7. The fraction of sp³-hybridized carbons (Fsp3) is 0.500. The van der Waals surface area contributed by atoms with Crippen LogP contribution in [0, 0.1) is 11.7 Å². The lowest BCUT2D eigenvalue weighted by Gasteiger charge is -2.12. The zero-order valence-electron chi connectivity index (χ0n) is 11.4. The molecule has 0 aliphatic heterocycles. The van der Waals surface area contributed by atoms with Gasteiger partial charge in [-0.05, 0) is 31.2 Å². The molecule has 1 aliphatic carbocycles. The molecule has 3 N–H and O–H groups in total. The lowest BCUT2D eigenvalue weighted by Crippen LogP contribution is -2.32. The van der Waals surface area contributed by atoms with E-state index in [0.717, 1.165) is 12.8 Å². The minimum absolute atomic E-state index is 0.252. The first-order chi connectivity index (χ1) is 9.56. The van der Waals surface area contributed by atoms with Crippen LogP contribution in [0.4, 0.5) is 14.9 Å². The molecule has 0 spiro atoms. The number of nitrogens with one attached hydrogen (secondary N) is 2. The molecule has 1 aromatic rings. The Balaban J connectivity index is 1.83. The molecule has 110 valence electrons. The van der Waals surface area contributed by atoms with E-state index in [1.807, 2.05) is 0 Å². The summed E-state index contributed by atoms with van der Waals surface area (Å²) in [5.41, 5.74) is 0.339. The SMILES string of the molecule is COc1cc(F)cc(NC(=O)NC[C@H]2CC[C@H](O)C2)c1. The van der Waals surface area contributed by atoms with Gasteiger partial charge in [-0.15, -0.1) is 0 Å². The average molecular weight is 282 g/mol. The van der Waals surface area contributed by atoms with Crippen LogP contribution < -0.4 is 15.4 Å². The molecular weight excluding hydrogens is 263 g/mol. The van der Waals surface area contributed by atoms with Crippen molar-refractivity contribution >= 4 is 11.7 Å². The third kappa shape index (κ3) is 4.09. The van der Waals surface area contributed by atoms with Crippen LogP contribution in [0.15, 0.2) is 18.2 Å². The minimum Gasteiger partial charge on any atom is -0.497 e. The Hall–Kier alpha value is -1.82. The van der Waals surface area contributed by atoms with E-state index in [9.17, 15) is 14.3 Å². The van der Waals surface area contributed by atoms with Crippen molar-refractivity contribution in [3.8, 4) is 5.75 Å². The average Bonchev–Trinajstić information content (AvgIpc) is 2.81. The highest BCUT2D eigenvalue weighted by atomic mass is 19.1. The molecule has 1 saturated carbocycles. The second-order valence-electron chi connectivity index (χ2n) is 5.05. The number of aliphatic hydroxyl groups excluding tert-OH is 1. The Morgan fingerprint density at radius 1 is 1.45 bits per heavy atom. The number of carbonyl (C=O) groups is 1. The van der Waals surface area contributed by atoms with Gasteiger partial charge in [-0.2, -0.15) is 0 Å². The predicted octanol–water partition coefficient (Wildman–Crippen LogP) is 2.12. The standard InChI is InChI=1S/C14H19FN2O3/c1-20-13-6-10(15)5-11(7-13)17-14(19)16-8-9-2-3-12(18)4-9/h5-7,9,12,18H,2-4,8H2,1H3,(H2,16,17,19)/t9-,12-/m0/s1. The van der Waals surface area contributed by atoms with Crippen molar-refractivity contribution in [1.29, 1.82) is 0 Å². The number of benzene rings is 1. The van der Waals surface area contributed by atoms with Crippen LogP contribution in [-0.4, -0.2) is 30.9 Å². The molecule has 20 heavy (non-hydrogen) atoms. The molecule has 0 aromatic heterocycles. The Morgan fingerprint density at radius 3 is 2.90 bits per heavy atom. The molecule has 6 heteroatoms. The van der Waals surface area contributed by atoms with E-state index >= 15 is 0 Å². The Morgan fingerprint density at radius 2 is 2.25 bits per heavy atom. The number of rotatable bonds is 4. The van der Waals surface area contributed by atoms with E-state index < -0.39 is 5.82 Å². The van der Waals surface area contributed by atoms with Crippen molar-refractivity contribution in [2.75, 3.05) is 19.0 Å². The van der Waals surface area contributed by atoms with E-state index in [0.29, 0.717) is 30.3 Å². The zero-order valence-corrected chi connectivity index (χ0v) is 11.4. The number of amides is 2. The van der Waals surface area contributed by atoms with Gasteiger partial charge in [-0.1, -0.05) is 0 Å². The highest BCUT2D eigenvalue weighted by Crippen LogP contribution is 2.24. The van der Waals surface area contributed by atoms with Gasteiger partial charge in [0.1, 0.15) is 11.6 Å². The van der Waals surface area contributed by atoms with Crippen molar-refractivity contribution < 1.29 is 19.0 Å². The first-order valence-electron chi connectivity index (χ1n) is 6.64. The van der Waals surface area contributed by atoms with Crippen LogP contribution in [-0.2, 0) is 0 Å². The first-order valence-corrected chi connectivity index (χ1v) is 6.64. The second-order valence-corrected chi connectivity index (χ2v) is 5.05. The summed E-state index contributed by atoms with van der Waals surface area (Å²) in [6, 6.07) is 3.62. The first kappa shape index (κ1) is 14.6. The largest absolute Gasteiger partial charge is 0.497 e. The summed E-state index contributed by atoms with van der Waals surface area (Å²) in [7, 11) is 1.43. The summed E-state index contributed by atoms with van der Waals surface area (Å²) in [5.74, 6) is 0.176. The third-order valence-corrected chi connectivity index (χ3v) is 3.43. The second kappa shape index (κ2) is 6.56. The maximum atomic E-state index is 13.3. The molecule has 2 rings (SSSR count). The molecule has 5 nitrogen and oxygen atoms in total. The van der Waals surface area contributed by atoms with E-state index in [-0.39, 0.29) is 12.1 Å². The fourth-order valence-corrected chi connectivity index (χ4v) is 2.40. The number of urea groups is 1. The van der Waals surface area contributed by atoms with Gasteiger partial charge < -0.3 is 20.5 Å². The number of methoxy groups -OCH3 is 1. The van der Waals surface area contributed by atoms with Crippen molar-refractivity contribution in [2.24, 2.45) is 5.92 Å². The molecule has 1 aromatic carbocycles.